The van der Waals surface area contributed by atoms with Gasteiger partial charge < -0.3 is 18.0 Å². The molecule has 0 N–H and O–H groups in total. The highest BCUT2D eigenvalue weighted by atomic mass is 16.3. The smallest absolute Gasteiger partial charge is 0.159 e. The van der Waals surface area contributed by atoms with Crippen LogP contribution in [0, 0.1) is 0 Å². The fourth-order valence-electron chi connectivity index (χ4n) is 9.57. The number of para-hydroxylation sites is 4. The number of aromatic nitrogens is 2. The van der Waals surface area contributed by atoms with Crippen molar-refractivity contribution in [1.82, 2.24) is 9.13 Å². The van der Waals surface area contributed by atoms with Gasteiger partial charge in [-0.3, -0.25) is 0 Å². The van der Waals surface area contributed by atoms with Crippen molar-refractivity contribution in [2.75, 3.05) is 0 Å². The molecule has 4 heteroatoms. The second-order valence-electron chi connectivity index (χ2n) is 15.2. The van der Waals surface area contributed by atoms with Gasteiger partial charge in [-0.2, -0.15) is 0 Å². The maximum absolute atomic E-state index is 7.33. The first kappa shape index (κ1) is 31.4. The predicted molar refractivity (Wildman–Crippen MR) is 241 cm³/mol. The Kier molecular flexibility index (Phi) is 6.41. The largest absolute Gasteiger partial charge is 0.455 e. The third-order valence-corrected chi connectivity index (χ3v) is 12.1. The number of rotatable bonds is 4. The Morgan fingerprint density at radius 3 is 1.45 bits per heavy atom. The van der Waals surface area contributed by atoms with Crippen LogP contribution in [0.4, 0.5) is 0 Å². The summed E-state index contributed by atoms with van der Waals surface area (Å²) in [6, 6.07) is 69.4. The molecule has 0 aliphatic carbocycles. The van der Waals surface area contributed by atoms with Crippen molar-refractivity contribution in [3.8, 4) is 33.6 Å². The molecule has 0 aliphatic rings. The molecule has 0 radical (unpaired) electrons. The van der Waals surface area contributed by atoms with E-state index in [1.807, 2.05) is 0 Å². The van der Waals surface area contributed by atoms with Crippen LogP contribution in [0.5, 0.6) is 0 Å². The van der Waals surface area contributed by atoms with E-state index in [2.05, 4.69) is 203 Å². The maximum Gasteiger partial charge on any atom is 0.159 e. The van der Waals surface area contributed by atoms with Gasteiger partial charge in [-0.25, -0.2) is 0 Å². The molecule has 4 aromatic heterocycles. The lowest BCUT2D eigenvalue weighted by molar-refractivity contribution is 0.662. The van der Waals surface area contributed by atoms with E-state index < -0.39 is 0 Å². The van der Waals surface area contributed by atoms with E-state index >= 15 is 0 Å². The van der Waals surface area contributed by atoms with Crippen LogP contribution < -0.4 is 0 Å². The van der Waals surface area contributed by atoms with E-state index in [9.17, 15) is 0 Å². The topological polar surface area (TPSA) is 36.1 Å². The van der Waals surface area contributed by atoms with E-state index in [-0.39, 0.29) is 0 Å². The number of hydrogen-bond donors (Lipinski definition) is 0. The normalized spacial score (nSPS) is 12.1. The molecule has 0 amide bonds. The Balaban J connectivity index is 1.20. The molecule has 0 aliphatic heterocycles. The summed E-state index contributed by atoms with van der Waals surface area (Å²) in [6.07, 6.45) is 0. The quantitative estimate of drug-likeness (QED) is 0.180. The van der Waals surface area contributed by atoms with Crippen LogP contribution in [0.1, 0.15) is 0 Å². The van der Waals surface area contributed by atoms with Gasteiger partial charge in [-0.1, -0.05) is 133 Å². The minimum atomic E-state index is 0.796. The Bertz CT molecular complexity index is 3680. The molecule has 13 aromatic rings. The van der Waals surface area contributed by atoms with E-state index in [1.54, 1.807) is 0 Å². The first-order valence-electron chi connectivity index (χ1n) is 19.8. The summed E-state index contributed by atoms with van der Waals surface area (Å²) in [5.74, 6) is 0. The fraction of sp³-hybridized carbons (Fsp3) is 0. The standard InChI is InChI=1S/C54H32N2O2/c1-3-15-33(16-4-1)35-29-42(34-17-5-2-6-18-34)52-44(30-35)51-50(57-52)28-27-41-43-31-36(55-45-23-11-7-19-37(45)38-20-8-12-24-46(38)55)32-49(53(43)58-54(41)51)56-47-25-13-9-21-39(47)40-22-10-14-26-48(40)56/h1-32H. The zero-order valence-corrected chi connectivity index (χ0v) is 31.2. The van der Waals surface area contributed by atoms with E-state index in [0.717, 1.165) is 99.6 Å². The highest BCUT2D eigenvalue weighted by Crippen LogP contribution is 2.47. The van der Waals surface area contributed by atoms with E-state index in [4.69, 9.17) is 8.83 Å². The Hall–Kier alpha value is -7.82. The second kappa shape index (κ2) is 11.8. The second-order valence-corrected chi connectivity index (χ2v) is 15.2. The molecular formula is C54H32N2O2. The van der Waals surface area contributed by atoms with Crippen LogP contribution in [0.25, 0.3) is 121 Å². The van der Waals surface area contributed by atoms with Gasteiger partial charge in [-0.15, -0.1) is 0 Å². The molecule has 9 aromatic carbocycles. The van der Waals surface area contributed by atoms with Crippen molar-refractivity contribution in [3.63, 3.8) is 0 Å². The summed E-state index contributed by atoms with van der Waals surface area (Å²) in [7, 11) is 0. The van der Waals surface area contributed by atoms with Crippen LogP contribution in [0.2, 0.25) is 0 Å². The summed E-state index contributed by atoms with van der Waals surface area (Å²) in [5, 5.41) is 8.95. The molecule has 58 heavy (non-hydrogen) atoms. The van der Waals surface area contributed by atoms with Crippen molar-refractivity contribution >= 4 is 87.5 Å². The summed E-state index contributed by atoms with van der Waals surface area (Å²) >= 11 is 0. The third-order valence-electron chi connectivity index (χ3n) is 12.1. The van der Waals surface area contributed by atoms with Gasteiger partial charge in [-0.05, 0) is 77.4 Å². The minimum Gasteiger partial charge on any atom is -0.455 e. The van der Waals surface area contributed by atoms with Gasteiger partial charge in [0, 0.05) is 49.0 Å². The highest BCUT2D eigenvalue weighted by Gasteiger charge is 2.24. The van der Waals surface area contributed by atoms with Crippen LogP contribution >= 0.6 is 0 Å². The lowest BCUT2D eigenvalue weighted by Gasteiger charge is -2.14. The third kappa shape index (κ3) is 4.34. The molecule has 0 fully saturated rings. The van der Waals surface area contributed by atoms with Gasteiger partial charge in [0.25, 0.3) is 0 Å². The lowest BCUT2D eigenvalue weighted by atomic mass is 9.95. The molecule has 0 bridgehead atoms. The molecule has 0 atom stereocenters. The Labute approximate surface area is 332 Å². The van der Waals surface area contributed by atoms with Gasteiger partial charge in [0.2, 0.25) is 0 Å². The lowest BCUT2D eigenvalue weighted by Crippen LogP contribution is -1.99. The maximum atomic E-state index is 7.33. The van der Waals surface area contributed by atoms with Crippen molar-refractivity contribution in [2.45, 2.75) is 0 Å². The molecule has 0 unspecified atom stereocenters. The van der Waals surface area contributed by atoms with Crippen LogP contribution in [0.3, 0.4) is 0 Å². The highest BCUT2D eigenvalue weighted by molar-refractivity contribution is 6.25. The summed E-state index contributed by atoms with van der Waals surface area (Å²) in [4.78, 5) is 0. The van der Waals surface area contributed by atoms with Gasteiger partial charge in [0.05, 0.1) is 33.1 Å². The zero-order valence-electron chi connectivity index (χ0n) is 31.2. The summed E-state index contributed by atoms with van der Waals surface area (Å²) in [6.45, 7) is 0. The zero-order chi connectivity index (χ0) is 37.9. The minimum absolute atomic E-state index is 0.796. The van der Waals surface area contributed by atoms with Gasteiger partial charge in [0.1, 0.15) is 16.7 Å². The van der Waals surface area contributed by atoms with Crippen molar-refractivity contribution in [3.05, 3.63) is 194 Å². The van der Waals surface area contributed by atoms with Crippen molar-refractivity contribution < 1.29 is 8.83 Å². The number of fused-ring (bicyclic) bond motifs is 13. The molecule has 4 heterocycles. The number of hydrogen-bond acceptors (Lipinski definition) is 2. The molecule has 270 valence electrons. The first-order chi connectivity index (χ1) is 28.8. The molecular weight excluding hydrogens is 709 g/mol. The monoisotopic (exact) mass is 740 g/mol. The molecule has 0 spiro atoms. The average molecular weight is 741 g/mol. The molecule has 0 saturated carbocycles. The molecule has 0 saturated heterocycles. The summed E-state index contributed by atoms with van der Waals surface area (Å²) < 4.78 is 19.0. The first-order valence-corrected chi connectivity index (χ1v) is 19.8. The SMILES string of the molecule is c1ccc(-c2cc(-c3ccccc3)c3oc4ccc5c6cc(-n7c8ccccc8c8ccccc87)cc(-n7c8ccccc8c8ccccc87)c6oc5c4c3c2)cc1. The van der Waals surface area contributed by atoms with Crippen molar-refractivity contribution in [2.24, 2.45) is 0 Å². The van der Waals surface area contributed by atoms with Crippen LogP contribution in [-0.2, 0) is 0 Å². The summed E-state index contributed by atoms with van der Waals surface area (Å²) in [5.41, 5.74) is 14.4. The average Bonchev–Trinajstić information content (AvgIpc) is 4.04. The Morgan fingerprint density at radius 1 is 0.310 bits per heavy atom. The molecule has 4 nitrogen and oxygen atoms in total. The van der Waals surface area contributed by atoms with E-state index in [1.165, 1.54) is 21.5 Å². The number of benzene rings is 9. The van der Waals surface area contributed by atoms with Crippen LogP contribution in [-0.4, -0.2) is 9.13 Å². The Morgan fingerprint density at radius 2 is 0.845 bits per heavy atom. The van der Waals surface area contributed by atoms with Gasteiger partial charge >= 0.3 is 0 Å². The van der Waals surface area contributed by atoms with Gasteiger partial charge in [0.15, 0.2) is 5.58 Å². The van der Waals surface area contributed by atoms with Crippen molar-refractivity contribution in [1.29, 1.82) is 0 Å². The predicted octanol–water partition coefficient (Wildman–Crippen LogP) is 15.0. The fourth-order valence-corrected chi connectivity index (χ4v) is 9.57. The number of furan rings is 2. The van der Waals surface area contributed by atoms with E-state index in [0.29, 0.717) is 0 Å². The van der Waals surface area contributed by atoms with Crippen LogP contribution in [0.15, 0.2) is 203 Å². The molecule has 13 rings (SSSR count). The number of nitrogens with zero attached hydrogens (tertiary/aromatic N) is 2.